The van der Waals surface area contributed by atoms with Crippen LogP contribution >= 0.6 is 0 Å². The Hall–Kier alpha value is -6.58. The number of rotatable bonds is 24. The highest BCUT2D eigenvalue weighted by Crippen LogP contribution is 2.41. The summed E-state index contributed by atoms with van der Waals surface area (Å²) in [7, 11) is 0. The van der Waals surface area contributed by atoms with E-state index in [9.17, 15) is 38.4 Å². The first-order chi connectivity index (χ1) is 31.8. The fourth-order valence-electron chi connectivity index (χ4n) is 7.02. The van der Waals surface area contributed by atoms with Gasteiger partial charge in [-0.15, -0.1) is 0 Å². The van der Waals surface area contributed by atoms with Gasteiger partial charge in [0.15, 0.2) is 0 Å². The number of carbonyl (C=O) groups is 8. The van der Waals surface area contributed by atoms with Crippen molar-refractivity contribution < 1.29 is 76.3 Å². The van der Waals surface area contributed by atoms with Crippen molar-refractivity contribution >= 4 is 80.1 Å². The summed E-state index contributed by atoms with van der Waals surface area (Å²) >= 11 is 0. The molecule has 0 aromatic heterocycles. The van der Waals surface area contributed by atoms with Crippen LogP contribution in [0.15, 0.2) is 24.3 Å². The molecule has 0 atom stereocenters. The maximum Gasteiger partial charge on any atom is 0.339 e. The lowest BCUT2D eigenvalue weighted by Gasteiger charge is -2.22. The molecule has 0 amide bonds. The van der Waals surface area contributed by atoms with E-state index in [4.69, 9.17) is 37.9 Å². The van der Waals surface area contributed by atoms with Gasteiger partial charge in [-0.05, 0) is 108 Å². The summed E-state index contributed by atoms with van der Waals surface area (Å²) in [6.45, 7) is 13.3. The summed E-state index contributed by atoms with van der Waals surface area (Å²) in [6, 6.07) is 5.76. The molecule has 0 heterocycles. The van der Waals surface area contributed by atoms with E-state index in [1.165, 1.54) is 24.3 Å². The highest BCUT2D eigenvalue weighted by Gasteiger charge is 2.39. The zero-order chi connectivity index (χ0) is 48.5. The number of hydrogen-bond acceptors (Lipinski definition) is 16. The van der Waals surface area contributed by atoms with Gasteiger partial charge in [-0.3, -0.25) is 0 Å². The van der Waals surface area contributed by atoms with Crippen molar-refractivity contribution in [3.8, 4) is 0 Å². The molecule has 0 saturated carbocycles. The van der Waals surface area contributed by atoms with Crippen LogP contribution in [-0.4, -0.2) is 101 Å². The molecule has 356 valence electrons. The van der Waals surface area contributed by atoms with E-state index in [0.717, 1.165) is 0 Å². The van der Waals surface area contributed by atoms with Gasteiger partial charge in [0.2, 0.25) is 0 Å². The normalized spacial score (nSPS) is 11.0. The summed E-state index contributed by atoms with van der Waals surface area (Å²) in [5.41, 5.74) is -3.99. The summed E-state index contributed by atoms with van der Waals surface area (Å²) in [6.07, 6.45) is 3.03. The van der Waals surface area contributed by atoms with E-state index < -0.39 is 92.3 Å². The van der Waals surface area contributed by atoms with Gasteiger partial charge in [-0.1, -0.05) is 55.4 Å². The largest absolute Gasteiger partial charge is 0.462 e. The standard InChI is InChI=1S/C50H60O16/c1-9-17-59-43(51)35-31-25-29-27-33-34(28-30(29)26-32(31)36(44(52)60-18-10-2)40(48(56)64-22-14-6)39(35)47(55)63-21-13-5)38(46(54)62-20-12-4)42(50(58)66-24-16-8)41(49(57)65-23-15-7)37(33)45(53)61-19-11-3/h25-28H,9-24H2,1-8H3. The third-order valence-corrected chi connectivity index (χ3v) is 9.82. The van der Waals surface area contributed by atoms with Crippen molar-refractivity contribution in [2.45, 2.75) is 107 Å². The number of hydrogen-bond donors (Lipinski definition) is 0. The third kappa shape index (κ3) is 11.6. The van der Waals surface area contributed by atoms with Gasteiger partial charge in [-0.2, -0.15) is 0 Å². The van der Waals surface area contributed by atoms with E-state index >= 15 is 0 Å². The smallest absolute Gasteiger partial charge is 0.339 e. The van der Waals surface area contributed by atoms with Crippen molar-refractivity contribution in [3.63, 3.8) is 0 Å². The molecule has 0 bridgehead atoms. The molecule has 0 unspecified atom stereocenters. The summed E-state index contributed by atoms with van der Waals surface area (Å²) in [4.78, 5) is 114. The molecule has 16 heteroatoms. The molecule has 0 aliphatic rings. The lowest BCUT2D eigenvalue weighted by Crippen LogP contribution is -2.25. The van der Waals surface area contributed by atoms with Crippen molar-refractivity contribution in [3.05, 3.63) is 68.8 Å². The van der Waals surface area contributed by atoms with Crippen LogP contribution in [0.25, 0.3) is 32.3 Å². The molecule has 4 rings (SSSR count). The summed E-state index contributed by atoms with van der Waals surface area (Å²) < 4.78 is 44.7. The molecule has 0 aliphatic heterocycles. The Labute approximate surface area is 383 Å². The monoisotopic (exact) mass is 916 g/mol. The zero-order valence-electron chi connectivity index (χ0n) is 39.2. The van der Waals surface area contributed by atoms with Crippen LogP contribution in [0.5, 0.6) is 0 Å². The molecule has 16 nitrogen and oxygen atoms in total. The third-order valence-electron chi connectivity index (χ3n) is 9.82. The molecular weight excluding hydrogens is 857 g/mol. The first kappa shape index (κ1) is 52.0. The van der Waals surface area contributed by atoms with Gasteiger partial charge >= 0.3 is 47.8 Å². The second-order valence-corrected chi connectivity index (χ2v) is 15.2. The van der Waals surface area contributed by atoms with E-state index in [-0.39, 0.29) is 85.2 Å². The van der Waals surface area contributed by atoms with Gasteiger partial charge < -0.3 is 37.9 Å². The predicted molar refractivity (Wildman–Crippen MR) is 244 cm³/mol. The molecule has 4 aromatic rings. The number of esters is 8. The fourth-order valence-corrected chi connectivity index (χ4v) is 7.02. The Bertz CT molecular complexity index is 2150. The Balaban J connectivity index is 2.46. The van der Waals surface area contributed by atoms with Gasteiger partial charge in [0.05, 0.1) is 97.4 Å². The second-order valence-electron chi connectivity index (χ2n) is 15.2. The van der Waals surface area contributed by atoms with Gasteiger partial charge in [-0.25, -0.2) is 38.4 Å². The average Bonchev–Trinajstić information content (AvgIpc) is 3.32. The molecule has 0 aliphatic carbocycles. The van der Waals surface area contributed by atoms with Crippen LogP contribution in [-0.2, 0) is 37.9 Å². The predicted octanol–water partition coefficient (Wildman–Crippen LogP) is 9.68. The van der Waals surface area contributed by atoms with Crippen LogP contribution in [0, 0.1) is 0 Å². The molecule has 66 heavy (non-hydrogen) atoms. The Morgan fingerprint density at radius 2 is 0.394 bits per heavy atom. The molecule has 0 fully saturated rings. The van der Waals surface area contributed by atoms with Gasteiger partial charge in [0.1, 0.15) is 0 Å². The van der Waals surface area contributed by atoms with Gasteiger partial charge in [0.25, 0.3) is 0 Å². The minimum atomic E-state index is -1.11. The fraction of sp³-hybridized carbons (Fsp3) is 0.480. The first-order valence-electron chi connectivity index (χ1n) is 22.8. The van der Waals surface area contributed by atoms with Crippen LogP contribution < -0.4 is 0 Å². The van der Waals surface area contributed by atoms with E-state index in [1.54, 1.807) is 55.4 Å². The minimum absolute atomic E-state index is 0.0538. The van der Waals surface area contributed by atoms with Crippen LogP contribution in [0.3, 0.4) is 0 Å². The van der Waals surface area contributed by atoms with E-state index in [0.29, 0.717) is 51.4 Å². The topological polar surface area (TPSA) is 210 Å². The highest BCUT2D eigenvalue weighted by atomic mass is 16.6. The van der Waals surface area contributed by atoms with Crippen LogP contribution in [0.2, 0.25) is 0 Å². The Morgan fingerprint density at radius 1 is 0.258 bits per heavy atom. The molecule has 4 aromatic carbocycles. The Morgan fingerprint density at radius 3 is 0.530 bits per heavy atom. The number of carbonyl (C=O) groups excluding carboxylic acids is 8. The maximum absolute atomic E-state index is 14.3. The molecule has 0 N–H and O–H groups in total. The summed E-state index contributed by atoms with van der Waals surface area (Å²) in [5.74, 6) is -8.53. The molecule has 0 radical (unpaired) electrons. The van der Waals surface area contributed by atoms with Gasteiger partial charge in [0, 0.05) is 0 Å². The van der Waals surface area contributed by atoms with Crippen molar-refractivity contribution in [2.24, 2.45) is 0 Å². The van der Waals surface area contributed by atoms with Crippen molar-refractivity contribution in [1.82, 2.24) is 0 Å². The van der Waals surface area contributed by atoms with Crippen molar-refractivity contribution in [2.75, 3.05) is 52.9 Å². The lowest BCUT2D eigenvalue weighted by molar-refractivity contribution is 0.0425. The molecular formula is C50H60O16. The quantitative estimate of drug-likeness (QED) is 0.0364. The lowest BCUT2D eigenvalue weighted by atomic mass is 9.84. The molecule has 0 spiro atoms. The first-order valence-corrected chi connectivity index (χ1v) is 22.8. The van der Waals surface area contributed by atoms with E-state index in [2.05, 4.69) is 0 Å². The summed E-state index contributed by atoms with van der Waals surface area (Å²) in [5, 5.41) is 0.245. The Kier molecular flexibility index (Phi) is 19.9. The highest BCUT2D eigenvalue weighted by molar-refractivity contribution is 6.28. The SMILES string of the molecule is CCCOC(=O)c1c(C(=O)OCCC)c(C(=O)OCCC)c2cc3cc4c(C(=O)OCCC)c(C(=O)OCCC)c(C(=O)OCCC)c(C(=O)OCCC)c4cc3cc2c1C(=O)OCCC. The van der Waals surface area contributed by atoms with Crippen molar-refractivity contribution in [1.29, 1.82) is 0 Å². The minimum Gasteiger partial charge on any atom is -0.462 e. The number of ether oxygens (including phenoxy) is 8. The van der Waals surface area contributed by atoms with Crippen LogP contribution in [0.4, 0.5) is 0 Å². The number of benzene rings is 4. The average molecular weight is 917 g/mol. The van der Waals surface area contributed by atoms with Crippen LogP contribution in [0.1, 0.15) is 190 Å². The maximum atomic E-state index is 14.3. The zero-order valence-corrected chi connectivity index (χ0v) is 39.2. The number of fused-ring (bicyclic) bond motifs is 3. The molecule has 0 saturated heterocycles. The second kappa shape index (κ2) is 25.2. The van der Waals surface area contributed by atoms with E-state index in [1.807, 2.05) is 0 Å².